The summed E-state index contributed by atoms with van der Waals surface area (Å²) >= 11 is 0. The van der Waals surface area contributed by atoms with E-state index in [1.807, 2.05) is 18.2 Å². The van der Waals surface area contributed by atoms with Gasteiger partial charge in [0.25, 0.3) is 0 Å². The van der Waals surface area contributed by atoms with Crippen LogP contribution in [0.1, 0.15) is 31.2 Å². The van der Waals surface area contributed by atoms with Gasteiger partial charge in [0, 0.05) is 0 Å². The fourth-order valence-electron chi connectivity index (χ4n) is 1.98. The maximum absolute atomic E-state index is 12.9. The maximum atomic E-state index is 12.9. The number of rotatable bonds is 3. The molecule has 1 saturated carbocycles. The molecule has 0 aliphatic heterocycles. The Bertz CT molecular complexity index is 278. The summed E-state index contributed by atoms with van der Waals surface area (Å²) in [5.74, 6) is 0. The van der Waals surface area contributed by atoms with Crippen molar-refractivity contribution in [2.75, 3.05) is 0 Å². The summed E-state index contributed by atoms with van der Waals surface area (Å²) in [6.45, 7) is 0.655. The van der Waals surface area contributed by atoms with Crippen LogP contribution in [0.3, 0.4) is 0 Å². The van der Waals surface area contributed by atoms with Crippen molar-refractivity contribution >= 4 is 0 Å². The van der Waals surface area contributed by atoms with Crippen LogP contribution in [0.25, 0.3) is 0 Å². The number of benzene rings is 1. The SMILES string of the molecule is FC1CCC(OCc2ccccc2)CC1. The van der Waals surface area contributed by atoms with Gasteiger partial charge in [0.15, 0.2) is 0 Å². The van der Waals surface area contributed by atoms with E-state index < -0.39 is 6.17 Å². The molecule has 0 saturated heterocycles. The van der Waals surface area contributed by atoms with Crippen LogP contribution in [-0.4, -0.2) is 12.3 Å². The lowest BCUT2D eigenvalue weighted by molar-refractivity contribution is 0.00273. The molecule has 1 aliphatic carbocycles. The molecule has 0 bridgehead atoms. The van der Waals surface area contributed by atoms with Gasteiger partial charge in [-0.1, -0.05) is 30.3 Å². The number of alkyl halides is 1. The van der Waals surface area contributed by atoms with E-state index in [1.54, 1.807) is 0 Å². The lowest BCUT2D eigenvalue weighted by Crippen LogP contribution is -2.22. The summed E-state index contributed by atoms with van der Waals surface area (Å²) in [5.41, 5.74) is 1.19. The molecule has 2 rings (SSSR count). The molecule has 1 aliphatic rings. The molecule has 15 heavy (non-hydrogen) atoms. The second kappa shape index (κ2) is 5.26. The predicted molar refractivity (Wildman–Crippen MR) is 58.4 cm³/mol. The Hall–Kier alpha value is -0.890. The van der Waals surface area contributed by atoms with Gasteiger partial charge in [-0.2, -0.15) is 0 Å². The van der Waals surface area contributed by atoms with E-state index >= 15 is 0 Å². The lowest BCUT2D eigenvalue weighted by Gasteiger charge is -2.24. The summed E-state index contributed by atoms with van der Waals surface area (Å²) in [6, 6.07) is 10.1. The molecular formula is C13H17FO. The van der Waals surface area contributed by atoms with Crippen LogP contribution in [0.5, 0.6) is 0 Å². The van der Waals surface area contributed by atoms with Gasteiger partial charge in [-0.15, -0.1) is 0 Å². The van der Waals surface area contributed by atoms with Crippen LogP contribution in [0.4, 0.5) is 4.39 Å². The van der Waals surface area contributed by atoms with Gasteiger partial charge < -0.3 is 4.74 Å². The highest BCUT2D eigenvalue weighted by atomic mass is 19.1. The fraction of sp³-hybridized carbons (Fsp3) is 0.538. The lowest BCUT2D eigenvalue weighted by atomic mass is 9.96. The van der Waals surface area contributed by atoms with Crippen LogP contribution in [0.15, 0.2) is 30.3 Å². The normalized spacial score (nSPS) is 26.5. The van der Waals surface area contributed by atoms with Gasteiger partial charge in [-0.25, -0.2) is 4.39 Å². The highest BCUT2D eigenvalue weighted by Gasteiger charge is 2.20. The fourth-order valence-corrected chi connectivity index (χ4v) is 1.98. The Morgan fingerprint density at radius 1 is 1.07 bits per heavy atom. The van der Waals surface area contributed by atoms with Gasteiger partial charge in [0.2, 0.25) is 0 Å². The Morgan fingerprint density at radius 2 is 1.73 bits per heavy atom. The van der Waals surface area contributed by atoms with Crippen molar-refractivity contribution in [2.45, 2.75) is 44.6 Å². The molecule has 0 radical (unpaired) electrons. The van der Waals surface area contributed by atoms with E-state index in [9.17, 15) is 4.39 Å². The molecule has 1 aromatic carbocycles. The van der Waals surface area contributed by atoms with Crippen molar-refractivity contribution in [3.63, 3.8) is 0 Å². The molecule has 0 aromatic heterocycles. The zero-order valence-corrected chi connectivity index (χ0v) is 8.86. The predicted octanol–water partition coefficient (Wildman–Crippen LogP) is 3.48. The van der Waals surface area contributed by atoms with Crippen LogP contribution < -0.4 is 0 Å². The zero-order chi connectivity index (χ0) is 10.5. The average Bonchev–Trinajstić information content (AvgIpc) is 2.30. The van der Waals surface area contributed by atoms with E-state index in [-0.39, 0.29) is 6.10 Å². The third kappa shape index (κ3) is 3.31. The summed E-state index contributed by atoms with van der Waals surface area (Å²) in [4.78, 5) is 0. The number of hydrogen-bond acceptors (Lipinski definition) is 1. The third-order valence-electron chi connectivity index (χ3n) is 2.93. The minimum absolute atomic E-state index is 0.261. The number of ether oxygens (including phenoxy) is 1. The van der Waals surface area contributed by atoms with E-state index in [0.717, 1.165) is 12.8 Å². The first kappa shape index (κ1) is 10.6. The summed E-state index contributed by atoms with van der Waals surface area (Å²) < 4.78 is 18.6. The molecule has 0 amide bonds. The summed E-state index contributed by atoms with van der Waals surface area (Å²) in [6.07, 6.45) is 2.74. The molecular weight excluding hydrogens is 191 g/mol. The second-order valence-corrected chi connectivity index (χ2v) is 4.17. The smallest absolute Gasteiger partial charge is 0.100 e. The molecule has 1 aromatic rings. The first-order chi connectivity index (χ1) is 7.34. The molecule has 1 fully saturated rings. The molecule has 82 valence electrons. The van der Waals surface area contributed by atoms with E-state index in [4.69, 9.17) is 4.74 Å². The Kier molecular flexibility index (Phi) is 3.73. The standard InChI is InChI=1S/C13H17FO/c14-12-6-8-13(9-7-12)15-10-11-4-2-1-3-5-11/h1-5,12-13H,6-10H2. The highest BCUT2D eigenvalue weighted by Crippen LogP contribution is 2.23. The zero-order valence-electron chi connectivity index (χ0n) is 8.86. The molecule has 0 heterocycles. The van der Waals surface area contributed by atoms with Gasteiger partial charge in [-0.3, -0.25) is 0 Å². The third-order valence-corrected chi connectivity index (χ3v) is 2.93. The molecule has 0 unspecified atom stereocenters. The van der Waals surface area contributed by atoms with E-state index in [2.05, 4.69) is 12.1 Å². The Morgan fingerprint density at radius 3 is 2.40 bits per heavy atom. The van der Waals surface area contributed by atoms with E-state index in [0.29, 0.717) is 19.4 Å². The van der Waals surface area contributed by atoms with Crippen molar-refractivity contribution in [3.05, 3.63) is 35.9 Å². The van der Waals surface area contributed by atoms with Gasteiger partial charge in [0.1, 0.15) is 6.17 Å². The van der Waals surface area contributed by atoms with Crippen molar-refractivity contribution in [3.8, 4) is 0 Å². The van der Waals surface area contributed by atoms with Crippen molar-refractivity contribution in [1.29, 1.82) is 0 Å². The Labute approximate surface area is 90.3 Å². The minimum atomic E-state index is -0.596. The van der Waals surface area contributed by atoms with Crippen molar-refractivity contribution in [2.24, 2.45) is 0 Å². The summed E-state index contributed by atoms with van der Waals surface area (Å²) in [5, 5.41) is 0. The van der Waals surface area contributed by atoms with Crippen LogP contribution in [-0.2, 0) is 11.3 Å². The summed E-state index contributed by atoms with van der Waals surface area (Å²) in [7, 11) is 0. The monoisotopic (exact) mass is 208 g/mol. The number of halogens is 1. The largest absolute Gasteiger partial charge is 0.374 e. The second-order valence-electron chi connectivity index (χ2n) is 4.17. The quantitative estimate of drug-likeness (QED) is 0.739. The van der Waals surface area contributed by atoms with Crippen molar-refractivity contribution < 1.29 is 9.13 Å². The highest BCUT2D eigenvalue weighted by molar-refractivity contribution is 5.13. The molecule has 0 N–H and O–H groups in total. The van der Waals surface area contributed by atoms with Gasteiger partial charge in [-0.05, 0) is 31.2 Å². The molecule has 0 atom stereocenters. The van der Waals surface area contributed by atoms with Gasteiger partial charge >= 0.3 is 0 Å². The van der Waals surface area contributed by atoms with E-state index in [1.165, 1.54) is 5.56 Å². The maximum Gasteiger partial charge on any atom is 0.100 e. The molecule has 2 heteroatoms. The van der Waals surface area contributed by atoms with Crippen LogP contribution in [0.2, 0.25) is 0 Å². The first-order valence-electron chi connectivity index (χ1n) is 5.64. The van der Waals surface area contributed by atoms with Crippen molar-refractivity contribution in [1.82, 2.24) is 0 Å². The molecule has 1 nitrogen and oxygen atoms in total. The van der Waals surface area contributed by atoms with Crippen LogP contribution >= 0.6 is 0 Å². The van der Waals surface area contributed by atoms with Gasteiger partial charge in [0.05, 0.1) is 12.7 Å². The topological polar surface area (TPSA) is 9.23 Å². The minimum Gasteiger partial charge on any atom is -0.374 e. The van der Waals surface area contributed by atoms with Crippen LogP contribution in [0, 0.1) is 0 Å². The number of hydrogen-bond donors (Lipinski definition) is 0. The first-order valence-corrected chi connectivity index (χ1v) is 5.64. The Balaban J connectivity index is 1.74. The average molecular weight is 208 g/mol. The molecule has 0 spiro atoms.